The molecule has 19 heavy (non-hydrogen) atoms. The fraction of sp³-hybridized carbons (Fsp3) is 0.545. The number of nitrogens with two attached hydrogens (primary N) is 1. The molecular weight excluding hydrogens is 250 g/mol. The number of carboxylic acid groups (broad SMARTS) is 1. The second-order valence-electron chi connectivity index (χ2n) is 4.49. The smallest absolute Gasteiger partial charge is 0.325 e. The molecule has 8 heteroatoms. The van der Waals surface area contributed by atoms with Gasteiger partial charge in [-0.1, -0.05) is 0 Å². The highest BCUT2D eigenvalue weighted by atomic mass is 16.4. The van der Waals surface area contributed by atoms with Crippen LogP contribution in [0.25, 0.3) is 0 Å². The minimum atomic E-state index is -1.08. The number of aliphatic hydroxyl groups is 1. The summed E-state index contributed by atoms with van der Waals surface area (Å²) in [4.78, 5) is 12.5. The number of carbonyl (C=O) groups is 1. The molecule has 1 saturated heterocycles. The van der Waals surface area contributed by atoms with Gasteiger partial charge in [0.2, 0.25) is 0 Å². The Bertz CT molecular complexity index is 533. The highest BCUT2D eigenvalue weighted by Gasteiger charge is 2.25. The average molecular weight is 265 g/mol. The summed E-state index contributed by atoms with van der Waals surface area (Å²) in [6, 6.07) is 1.95. The molecule has 1 fully saturated rings. The van der Waals surface area contributed by atoms with E-state index in [0.717, 1.165) is 11.1 Å². The van der Waals surface area contributed by atoms with Gasteiger partial charge in [-0.3, -0.25) is 4.79 Å². The molecule has 0 aromatic carbocycles. The maximum absolute atomic E-state index is 10.7. The first-order valence-electron chi connectivity index (χ1n) is 5.94. The van der Waals surface area contributed by atoms with Crippen molar-refractivity contribution in [2.45, 2.75) is 25.5 Å². The monoisotopic (exact) mass is 265 g/mol. The normalized spacial score (nSPS) is 19.2. The van der Waals surface area contributed by atoms with E-state index in [1.807, 2.05) is 6.07 Å². The Hall–Kier alpha value is -2.27. The molecule has 4 N–H and O–H groups in total. The van der Waals surface area contributed by atoms with Gasteiger partial charge in [-0.05, 0) is 12.8 Å². The lowest BCUT2D eigenvalue weighted by Crippen LogP contribution is -2.38. The van der Waals surface area contributed by atoms with Crippen LogP contribution in [-0.4, -0.2) is 45.2 Å². The second kappa shape index (κ2) is 5.16. The molecule has 0 spiro atoms. The Morgan fingerprint density at radius 3 is 2.95 bits per heavy atom. The summed E-state index contributed by atoms with van der Waals surface area (Å²) in [6.07, 6.45) is 1.03. The van der Waals surface area contributed by atoms with Crippen LogP contribution >= 0.6 is 0 Å². The van der Waals surface area contributed by atoms with E-state index in [4.69, 9.17) is 16.1 Å². The van der Waals surface area contributed by atoms with Gasteiger partial charge in [-0.2, -0.15) is 10.4 Å². The Morgan fingerprint density at radius 2 is 2.37 bits per heavy atom. The molecule has 1 aliphatic heterocycles. The van der Waals surface area contributed by atoms with Gasteiger partial charge < -0.3 is 20.8 Å². The molecule has 1 unspecified atom stereocenters. The van der Waals surface area contributed by atoms with Gasteiger partial charge in [0.05, 0.1) is 6.10 Å². The number of anilines is 2. The summed E-state index contributed by atoms with van der Waals surface area (Å²) in [6.45, 7) is 0.643. The van der Waals surface area contributed by atoms with Crippen molar-refractivity contribution in [3.63, 3.8) is 0 Å². The maximum atomic E-state index is 10.7. The number of aliphatic carboxylic acids is 1. The van der Waals surface area contributed by atoms with Gasteiger partial charge in [0, 0.05) is 13.1 Å². The van der Waals surface area contributed by atoms with Gasteiger partial charge >= 0.3 is 5.97 Å². The Kier molecular flexibility index (Phi) is 3.57. The Morgan fingerprint density at radius 1 is 1.63 bits per heavy atom. The van der Waals surface area contributed by atoms with Crippen LogP contribution in [0.15, 0.2) is 0 Å². The molecule has 0 bridgehead atoms. The number of aromatic nitrogens is 2. The van der Waals surface area contributed by atoms with E-state index >= 15 is 0 Å². The average Bonchev–Trinajstić information content (AvgIpc) is 2.65. The zero-order valence-corrected chi connectivity index (χ0v) is 10.3. The first kappa shape index (κ1) is 13.2. The quantitative estimate of drug-likeness (QED) is 0.664. The highest BCUT2D eigenvalue weighted by molar-refractivity contribution is 5.70. The van der Waals surface area contributed by atoms with Crippen molar-refractivity contribution >= 4 is 17.6 Å². The summed E-state index contributed by atoms with van der Waals surface area (Å²) in [5, 5.41) is 31.6. The van der Waals surface area contributed by atoms with Crippen molar-refractivity contribution in [3.05, 3.63) is 5.56 Å². The number of nitrogens with zero attached hydrogens (tertiary/aromatic N) is 4. The van der Waals surface area contributed by atoms with Crippen LogP contribution in [0.3, 0.4) is 0 Å². The van der Waals surface area contributed by atoms with E-state index in [9.17, 15) is 9.90 Å². The standard InChI is InChI=1S/C11H15N5O3/c12-4-8-10(13)16(6-9(18)19)14-11(8)15-3-1-2-7(17)5-15/h7,17H,1-3,5-6,13H2,(H,18,19). The highest BCUT2D eigenvalue weighted by Crippen LogP contribution is 2.26. The van der Waals surface area contributed by atoms with Crippen molar-refractivity contribution < 1.29 is 15.0 Å². The molecule has 8 nitrogen and oxygen atoms in total. The number of nitrogen functional groups attached to an aromatic ring is 1. The van der Waals surface area contributed by atoms with Gasteiger partial charge in [0.1, 0.15) is 24.0 Å². The molecule has 1 atom stereocenters. The summed E-state index contributed by atoms with van der Waals surface area (Å²) >= 11 is 0. The van der Waals surface area contributed by atoms with Crippen LogP contribution in [0.5, 0.6) is 0 Å². The zero-order valence-electron chi connectivity index (χ0n) is 10.3. The lowest BCUT2D eigenvalue weighted by molar-refractivity contribution is -0.137. The lowest BCUT2D eigenvalue weighted by Gasteiger charge is -2.30. The predicted molar refractivity (Wildman–Crippen MR) is 66.4 cm³/mol. The lowest BCUT2D eigenvalue weighted by atomic mass is 10.1. The van der Waals surface area contributed by atoms with Crippen molar-refractivity contribution in [3.8, 4) is 6.07 Å². The van der Waals surface area contributed by atoms with E-state index in [2.05, 4.69) is 5.10 Å². The van der Waals surface area contributed by atoms with Crippen molar-refractivity contribution in [2.75, 3.05) is 23.7 Å². The van der Waals surface area contributed by atoms with E-state index in [1.165, 1.54) is 0 Å². The third kappa shape index (κ3) is 2.61. The minimum absolute atomic E-state index is 0.0416. The predicted octanol–water partition coefficient (Wildman–Crippen LogP) is -0.617. The number of hydrogen-bond donors (Lipinski definition) is 3. The second-order valence-corrected chi connectivity index (χ2v) is 4.49. The number of hydrogen-bond acceptors (Lipinski definition) is 6. The van der Waals surface area contributed by atoms with Crippen LogP contribution < -0.4 is 10.6 Å². The molecule has 0 aliphatic carbocycles. The van der Waals surface area contributed by atoms with E-state index in [1.54, 1.807) is 4.90 Å². The summed E-state index contributed by atoms with van der Waals surface area (Å²) in [5.74, 6) is -0.691. The van der Waals surface area contributed by atoms with Gasteiger partial charge in [0.15, 0.2) is 5.82 Å². The van der Waals surface area contributed by atoms with Crippen molar-refractivity contribution in [2.24, 2.45) is 0 Å². The number of aliphatic hydroxyl groups excluding tert-OH is 1. The van der Waals surface area contributed by atoms with Gasteiger partial charge in [-0.25, -0.2) is 4.68 Å². The first-order valence-corrected chi connectivity index (χ1v) is 5.94. The van der Waals surface area contributed by atoms with Crippen LogP contribution in [0, 0.1) is 11.3 Å². The zero-order chi connectivity index (χ0) is 14.0. The van der Waals surface area contributed by atoms with E-state index < -0.39 is 18.6 Å². The summed E-state index contributed by atoms with van der Waals surface area (Å²) < 4.78 is 1.09. The molecule has 102 valence electrons. The SMILES string of the molecule is N#Cc1c(N2CCCC(O)C2)nn(CC(=O)O)c1N. The number of nitriles is 1. The molecule has 0 amide bonds. The van der Waals surface area contributed by atoms with E-state index in [-0.39, 0.29) is 11.4 Å². The van der Waals surface area contributed by atoms with Crippen molar-refractivity contribution in [1.29, 1.82) is 5.26 Å². The van der Waals surface area contributed by atoms with E-state index in [0.29, 0.717) is 25.3 Å². The third-order valence-corrected chi connectivity index (χ3v) is 3.07. The largest absolute Gasteiger partial charge is 0.480 e. The number of carboxylic acids is 1. The first-order chi connectivity index (χ1) is 9.02. The molecule has 2 heterocycles. The van der Waals surface area contributed by atoms with Gasteiger partial charge in [0.25, 0.3) is 0 Å². The fourth-order valence-corrected chi connectivity index (χ4v) is 2.19. The maximum Gasteiger partial charge on any atom is 0.325 e. The Balaban J connectivity index is 2.34. The molecule has 1 aromatic rings. The molecular formula is C11H15N5O3. The third-order valence-electron chi connectivity index (χ3n) is 3.07. The number of rotatable bonds is 3. The van der Waals surface area contributed by atoms with Crippen LogP contribution in [-0.2, 0) is 11.3 Å². The number of piperidine rings is 1. The summed E-state index contributed by atoms with van der Waals surface area (Å²) in [7, 11) is 0. The van der Waals surface area contributed by atoms with Crippen LogP contribution in [0.4, 0.5) is 11.6 Å². The molecule has 0 saturated carbocycles. The topological polar surface area (TPSA) is 128 Å². The number of β-amino-alcohol motifs (C(OH)–C–C–N with tert-alkyl or cyclic N) is 1. The summed E-state index contributed by atoms with van der Waals surface area (Å²) in [5.41, 5.74) is 5.89. The molecule has 2 rings (SSSR count). The fourth-order valence-electron chi connectivity index (χ4n) is 2.19. The van der Waals surface area contributed by atoms with Gasteiger partial charge in [-0.15, -0.1) is 0 Å². The minimum Gasteiger partial charge on any atom is -0.480 e. The molecule has 1 aromatic heterocycles. The molecule has 0 radical (unpaired) electrons. The van der Waals surface area contributed by atoms with Crippen LogP contribution in [0.1, 0.15) is 18.4 Å². The van der Waals surface area contributed by atoms with Crippen molar-refractivity contribution in [1.82, 2.24) is 9.78 Å². The van der Waals surface area contributed by atoms with Crippen LogP contribution in [0.2, 0.25) is 0 Å². The Labute approximate surface area is 109 Å². The molecule has 1 aliphatic rings.